The zero-order chi connectivity index (χ0) is 13.7. The van der Waals surface area contributed by atoms with Gasteiger partial charge in [0, 0.05) is 10.4 Å². The summed E-state index contributed by atoms with van der Waals surface area (Å²) in [6.45, 7) is 0. The van der Waals surface area contributed by atoms with E-state index >= 15 is 0 Å². The summed E-state index contributed by atoms with van der Waals surface area (Å²) in [6.07, 6.45) is 5.16. The molecule has 4 nitrogen and oxygen atoms in total. The topological polar surface area (TPSA) is 59.2 Å². The number of hydrogen-bond donors (Lipinski definition) is 1. The standard InChI is InChI=1S/C15H15BrN2O2/c16-10-3-4-11(13(19)7-10)15-17-14(18-20-15)12-6-8-1-2-9(12)5-8/h3-4,7-9,12,19H,1-2,5-6H2. The van der Waals surface area contributed by atoms with Crippen LogP contribution in [-0.2, 0) is 0 Å². The first-order valence-electron chi connectivity index (χ1n) is 7.03. The molecule has 2 bridgehead atoms. The smallest absolute Gasteiger partial charge is 0.261 e. The highest BCUT2D eigenvalue weighted by Gasteiger charge is 2.42. The molecular formula is C15H15BrN2O2. The number of benzene rings is 1. The van der Waals surface area contributed by atoms with E-state index in [2.05, 4.69) is 26.1 Å². The summed E-state index contributed by atoms with van der Waals surface area (Å²) in [5.74, 6) is 3.41. The minimum Gasteiger partial charge on any atom is -0.507 e. The van der Waals surface area contributed by atoms with Crippen LogP contribution in [0.15, 0.2) is 27.2 Å². The van der Waals surface area contributed by atoms with Crippen LogP contribution in [-0.4, -0.2) is 15.2 Å². The Morgan fingerprint density at radius 2 is 2.15 bits per heavy atom. The second kappa shape index (κ2) is 4.58. The molecule has 1 N–H and O–H groups in total. The first kappa shape index (κ1) is 12.4. The van der Waals surface area contributed by atoms with Gasteiger partial charge in [0.25, 0.3) is 5.89 Å². The van der Waals surface area contributed by atoms with Crippen molar-refractivity contribution in [2.24, 2.45) is 11.8 Å². The summed E-state index contributed by atoms with van der Waals surface area (Å²) in [7, 11) is 0. The van der Waals surface area contributed by atoms with Gasteiger partial charge in [-0.05, 0) is 49.3 Å². The Bertz CT molecular complexity index is 655. The van der Waals surface area contributed by atoms with E-state index in [0.29, 0.717) is 17.4 Å². The molecular weight excluding hydrogens is 320 g/mol. The third-order valence-electron chi connectivity index (χ3n) is 4.70. The number of halogens is 1. The van der Waals surface area contributed by atoms with Gasteiger partial charge in [-0.25, -0.2) is 0 Å². The highest BCUT2D eigenvalue weighted by atomic mass is 79.9. The fourth-order valence-corrected chi connectivity index (χ4v) is 4.09. The van der Waals surface area contributed by atoms with E-state index in [1.165, 1.54) is 25.7 Å². The number of phenolic OH excluding ortho intramolecular Hbond substituents is 1. The van der Waals surface area contributed by atoms with E-state index in [1.807, 2.05) is 6.07 Å². The van der Waals surface area contributed by atoms with Crippen LogP contribution in [0.5, 0.6) is 5.75 Å². The SMILES string of the molecule is Oc1cc(Br)ccc1-c1nc(C2CC3CCC2C3)no1. The van der Waals surface area contributed by atoms with Gasteiger partial charge in [0.1, 0.15) is 5.75 Å². The molecule has 5 heteroatoms. The molecule has 0 spiro atoms. The van der Waals surface area contributed by atoms with Crippen molar-refractivity contribution in [2.75, 3.05) is 0 Å². The van der Waals surface area contributed by atoms with Gasteiger partial charge in [-0.1, -0.05) is 27.5 Å². The average Bonchev–Trinajstić information content (AvgIpc) is 3.14. The lowest BCUT2D eigenvalue weighted by Gasteiger charge is -2.17. The Kier molecular flexibility index (Phi) is 2.84. The Morgan fingerprint density at radius 1 is 1.25 bits per heavy atom. The Balaban J connectivity index is 1.65. The average molecular weight is 335 g/mol. The molecule has 4 rings (SSSR count). The fraction of sp³-hybridized carbons (Fsp3) is 0.467. The molecule has 2 aliphatic rings. The maximum atomic E-state index is 9.97. The number of aromatic hydroxyl groups is 1. The largest absolute Gasteiger partial charge is 0.507 e. The van der Waals surface area contributed by atoms with E-state index in [9.17, 15) is 5.11 Å². The van der Waals surface area contributed by atoms with Gasteiger partial charge in [-0.15, -0.1) is 0 Å². The lowest BCUT2D eigenvalue weighted by Crippen LogP contribution is -2.09. The van der Waals surface area contributed by atoms with Gasteiger partial charge >= 0.3 is 0 Å². The predicted molar refractivity (Wildman–Crippen MR) is 77.3 cm³/mol. The molecule has 2 aromatic rings. The van der Waals surface area contributed by atoms with Crippen LogP contribution in [0.2, 0.25) is 0 Å². The van der Waals surface area contributed by atoms with E-state index in [-0.39, 0.29) is 5.75 Å². The summed E-state index contributed by atoms with van der Waals surface area (Å²) in [6, 6.07) is 5.28. The monoisotopic (exact) mass is 334 g/mol. The highest BCUT2D eigenvalue weighted by molar-refractivity contribution is 9.10. The van der Waals surface area contributed by atoms with Crippen LogP contribution in [0.4, 0.5) is 0 Å². The van der Waals surface area contributed by atoms with Crippen molar-refractivity contribution >= 4 is 15.9 Å². The first-order valence-corrected chi connectivity index (χ1v) is 7.82. The molecule has 0 saturated heterocycles. The third kappa shape index (κ3) is 1.95. The third-order valence-corrected chi connectivity index (χ3v) is 5.19. The number of fused-ring (bicyclic) bond motifs is 2. The van der Waals surface area contributed by atoms with Gasteiger partial charge in [0.05, 0.1) is 5.56 Å². The van der Waals surface area contributed by atoms with Gasteiger partial charge in [-0.2, -0.15) is 4.98 Å². The number of aromatic nitrogens is 2. The van der Waals surface area contributed by atoms with Gasteiger partial charge in [0.2, 0.25) is 0 Å². The van der Waals surface area contributed by atoms with Crippen LogP contribution >= 0.6 is 15.9 Å². The molecule has 20 heavy (non-hydrogen) atoms. The van der Waals surface area contributed by atoms with Crippen molar-refractivity contribution in [3.8, 4) is 17.2 Å². The molecule has 0 radical (unpaired) electrons. The zero-order valence-electron chi connectivity index (χ0n) is 10.9. The second-order valence-corrected chi connectivity index (χ2v) is 6.82. The van der Waals surface area contributed by atoms with Crippen LogP contribution in [0, 0.1) is 11.8 Å². The first-order chi connectivity index (χ1) is 9.70. The fourth-order valence-electron chi connectivity index (χ4n) is 3.74. The lowest BCUT2D eigenvalue weighted by molar-refractivity contribution is 0.371. The van der Waals surface area contributed by atoms with Crippen LogP contribution in [0.1, 0.15) is 37.4 Å². The van der Waals surface area contributed by atoms with Crippen molar-refractivity contribution in [3.63, 3.8) is 0 Å². The Hall–Kier alpha value is -1.36. The summed E-state index contributed by atoms with van der Waals surface area (Å²) >= 11 is 3.32. The molecule has 3 unspecified atom stereocenters. The van der Waals surface area contributed by atoms with Crippen molar-refractivity contribution in [1.29, 1.82) is 0 Å². The molecule has 2 saturated carbocycles. The van der Waals surface area contributed by atoms with Crippen LogP contribution in [0.25, 0.3) is 11.5 Å². The molecule has 0 amide bonds. The van der Waals surface area contributed by atoms with Gasteiger partial charge in [0.15, 0.2) is 5.82 Å². The van der Waals surface area contributed by atoms with E-state index in [0.717, 1.165) is 22.1 Å². The summed E-state index contributed by atoms with van der Waals surface area (Å²) in [5, 5.41) is 14.1. The summed E-state index contributed by atoms with van der Waals surface area (Å²) in [4.78, 5) is 4.52. The van der Waals surface area contributed by atoms with Crippen molar-refractivity contribution in [3.05, 3.63) is 28.5 Å². The number of hydrogen-bond acceptors (Lipinski definition) is 4. The van der Waals surface area contributed by atoms with Crippen molar-refractivity contribution in [1.82, 2.24) is 10.1 Å². The normalized spacial score (nSPS) is 28.1. The second-order valence-electron chi connectivity index (χ2n) is 5.90. The number of phenols is 1. The Labute approximate surface area is 125 Å². The number of rotatable bonds is 2. The molecule has 1 aromatic carbocycles. The molecule has 1 heterocycles. The van der Waals surface area contributed by atoms with E-state index in [1.54, 1.807) is 12.1 Å². The minimum absolute atomic E-state index is 0.155. The molecule has 2 aliphatic carbocycles. The van der Waals surface area contributed by atoms with Crippen LogP contribution in [0.3, 0.4) is 0 Å². The molecule has 3 atom stereocenters. The maximum Gasteiger partial charge on any atom is 0.261 e. The molecule has 0 aliphatic heterocycles. The highest BCUT2D eigenvalue weighted by Crippen LogP contribution is 2.52. The van der Waals surface area contributed by atoms with Gasteiger partial charge in [-0.3, -0.25) is 0 Å². The minimum atomic E-state index is 0.155. The molecule has 104 valence electrons. The zero-order valence-corrected chi connectivity index (χ0v) is 12.5. The van der Waals surface area contributed by atoms with Crippen LogP contribution < -0.4 is 0 Å². The Morgan fingerprint density at radius 3 is 2.85 bits per heavy atom. The predicted octanol–water partition coefficient (Wildman–Crippen LogP) is 4.11. The van der Waals surface area contributed by atoms with E-state index in [4.69, 9.17) is 4.52 Å². The maximum absolute atomic E-state index is 9.97. The van der Waals surface area contributed by atoms with Crippen molar-refractivity contribution < 1.29 is 9.63 Å². The quantitative estimate of drug-likeness (QED) is 0.897. The van der Waals surface area contributed by atoms with Gasteiger partial charge < -0.3 is 9.63 Å². The molecule has 1 aromatic heterocycles. The lowest BCUT2D eigenvalue weighted by atomic mass is 9.88. The molecule has 2 fully saturated rings. The summed E-state index contributed by atoms with van der Waals surface area (Å²) in [5.41, 5.74) is 0.593. The van der Waals surface area contributed by atoms with E-state index < -0.39 is 0 Å². The van der Waals surface area contributed by atoms with Crippen molar-refractivity contribution in [2.45, 2.75) is 31.6 Å². The summed E-state index contributed by atoms with van der Waals surface area (Å²) < 4.78 is 6.18. The number of nitrogens with zero attached hydrogens (tertiary/aromatic N) is 2.